The summed E-state index contributed by atoms with van der Waals surface area (Å²) < 4.78 is 0. The molecule has 8 heteroatoms. The normalized spacial score (nSPS) is 12.6. The Morgan fingerprint density at radius 2 is 1.48 bits per heavy atom. The van der Waals surface area contributed by atoms with E-state index in [1.807, 2.05) is 4.90 Å². The van der Waals surface area contributed by atoms with Gasteiger partial charge in [0.1, 0.15) is 11.5 Å². The van der Waals surface area contributed by atoms with E-state index < -0.39 is 11.6 Å². The van der Waals surface area contributed by atoms with E-state index in [1.54, 1.807) is 6.07 Å². The van der Waals surface area contributed by atoms with Crippen LogP contribution in [0, 0.1) is 0 Å². The van der Waals surface area contributed by atoms with Gasteiger partial charge in [0.2, 0.25) is 5.78 Å². The van der Waals surface area contributed by atoms with Crippen LogP contribution in [0.5, 0.6) is 11.5 Å². The first-order valence-electron chi connectivity index (χ1n) is 8.09. The third-order valence-electron chi connectivity index (χ3n) is 4.37. The Bertz CT molecular complexity index is 879. The van der Waals surface area contributed by atoms with Gasteiger partial charge in [0.05, 0.1) is 11.1 Å². The molecule has 0 fully saturated rings. The van der Waals surface area contributed by atoms with Crippen molar-refractivity contribution in [3.63, 3.8) is 0 Å². The van der Waals surface area contributed by atoms with E-state index in [9.17, 15) is 19.8 Å². The fourth-order valence-corrected chi connectivity index (χ4v) is 3.68. The van der Waals surface area contributed by atoms with Crippen LogP contribution in [0.25, 0.3) is 0 Å². The lowest BCUT2D eigenvalue weighted by Crippen LogP contribution is -2.28. The van der Waals surface area contributed by atoms with E-state index in [0.717, 1.165) is 0 Å². The Morgan fingerprint density at radius 1 is 0.852 bits per heavy atom. The third-order valence-corrected chi connectivity index (χ3v) is 4.71. The summed E-state index contributed by atoms with van der Waals surface area (Å²) in [5.41, 5.74) is 0.811. The first-order valence-corrected chi connectivity index (χ1v) is 9.16. The predicted molar refractivity (Wildman–Crippen MR) is 107 cm³/mol. The smallest absolute Gasteiger partial charge is 0.201 e. The number of alkyl halides is 2. The van der Waals surface area contributed by atoms with Crippen LogP contribution in [0.2, 0.25) is 0 Å². The molecule has 1 aliphatic carbocycles. The maximum Gasteiger partial charge on any atom is 0.201 e. The molecule has 2 aromatic rings. The van der Waals surface area contributed by atoms with Gasteiger partial charge in [-0.25, -0.2) is 0 Å². The number of carbonyl (C=O) groups is 2. The van der Waals surface area contributed by atoms with Crippen molar-refractivity contribution in [1.29, 1.82) is 0 Å². The van der Waals surface area contributed by atoms with Crippen LogP contribution in [0.4, 0.5) is 0 Å². The Balaban J connectivity index is 0.00000261. The van der Waals surface area contributed by atoms with Crippen LogP contribution >= 0.6 is 35.6 Å². The maximum absolute atomic E-state index is 12.8. The molecule has 2 aromatic carbocycles. The molecule has 3 rings (SSSR count). The molecular weight excluding hydrogens is 413 g/mol. The zero-order valence-electron chi connectivity index (χ0n) is 14.2. The summed E-state index contributed by atoms with van der Waals surface area (Å²) in [7, 11) is 0. The molecule has 0 amide bonds. The standard InChI is InChI=1S/C19H17Cl2NO4.ClH/c20-4-6-22(7-5-21)10-11-8-13-17(15(24)9-11)19(26)16-12(18(13)25)2-1-3-14(16)23;/h1-3,8-9,23-24H,4-7,10H2;1H. The molecule has 144 valence electrons. The SMILES string of the molecule is Cl.O=C1c2cccc(O)c2C(=O)c2c(O)cc(CN(CCCl)CCCl)cc21. The molecule has 1 aliphatic rings. The van der Waals surface area contributed by atoms with Gasteiger partial charge in [-0.2, -0.15) is 0 Å². The highest BCUT2D eigenvalue weighted by molar-refractivity contribution is 6.30. The minimum absolute atomic E-state index is 0. The molecule has 0 atom stereocenters. The second kappa shape index (κ2) is 8.93. The van der Waals surface area contributed by atoms with Crippen molar-refractivity contribution in [2.24, 2.45) is 0 Å². The van der Waals surface area contributed by atoms with Crippen LogP contribution in [0.1, 0.15) is 37.4 Å². The molecule has 0 unspecified atom stereocenters. The molecular formula is C19H18Cl3NO4. The first kappa shape index (κ1) is 21.5. The Kier molecular flexibility index (Phi) is 7.12. The van der Waals surface area contributed by atoms with Gasteiger partial charge < -0.3 is 10.2 Å². The molecule has 0 spiro atoms. The van der Waals surface area contributed by atoms with Crippen LogP contribution in [0.15, 0.2) is 30.3 Å². The van der Waals surface area contributed by atoms with E-state index in [2.05, 4.69) is 0 Å². The van der Waals surface area contributed by atoms with Gasteiger partial charge in [0.25, 0.3) is 0 Å². The number of aromatic hydroxyl groups is 2. The second-order valence-corrected chi connectivity index (χ2v) is 6.81. The van der Waals surface area contributed by atoms with E-state index in [4.69, 9.17) is 23.2 Å². The van der Waals surface area contributed by atoms with Crippen LogP contribution in [0.3, 0.4) is 0 Å². The number of carbonyl (C=O) groups excluding carboxylic acids is 2. The zero-order chi connectivity index (χ0) is 18.8. The lowest BCUT2D eigenvalue weighted by molar-refractivity contribution is 0.0974. The van der Waals surface area contributed by atoms with Crippen LogP contribution in [-0.4, -0.2) is 51.5 Å². The number of phenols is 2. The lowest BCUT2D eigenvalue weighted by Gasteiger charge is -2.23. The number of ketones is 2. The number of phenolic OH excluding ortho intramolecular Hbond substituents is 2. The van der Waals surface area contributed by atoms with E-state index in [0.29, 0.717) is 37.0 Å². The van der Waals surface area contributed by atoms with E-state index >= 15 is 0 Å². The van der Waals surface area contributed by atoms with Crippen molar-refractivity contribution in [3.05, 3.63) is 58.1 Å². The molecule has 0 heterocycles. The van der Waals surface area contributed by atoms with E-state index in [1.165, 1.54) is 24.3 Å². The van der Waals surface area contributed by atoms with Gasteiger partial charge in [0.15, 0.2) is 5.78 Å². The molecule has 27 heavy (non-hydrogen) atoms. The highest BCUT2D eigenvalue weighted by Gasteiger charge is 2.34. The van der Waals surface area contributed by atoms with Crippen molar-refractivity contribution >= 4 is 47.2 Å². The number of benzene rings is 2. The molecule has 5 nitrogen and oxygen atoms in total. The van der Waals surface area contributed by atoms with Gasteiger partial charge in [-0.15, -0.1) is 35.6 Å². The summed E-state index contributed by atoms with van der Waals surface area (Å²) >= 11 is 11.6. The van der Waals surface area contributed by atoms with Crippen LogP contribution in [-0.2, 0) is 6.54 Å². The average molecular weight is 431 g/mol. The highest BCUT2D eigenvalue weighted by Crippen LogP contribution is 2.37. The molecule has 0 saturated carbocycles. The second-order valence-electron chi connectivity index (χ2n) is 6.05. The number of halogens is 3. The summed E-state index contributed by atoms with van der Waals surface area (Å²) in [6.45, 7) is 1.65. The quantitative estimate of drug-likeness (QED) is 0.585. The zero-order valence-corrected chi connectivity index (χ0v) is 16.6. The highest BCUT2D eigenvalue weighted by atomic mass is 35.5. The van der Waals surface area contributed by atoms with Crippen molar-refractivity contribution in [2.75, 3.05) is 24.8 Å². The minimum Gasteiger partial charge on any atom is -0.507 e. The van der Waals surface area contributed by atoms with Gasteiger partial charge >= 0.3 is 0 Å². The Labute approximate surface area is 172 Å². The fraction of sp³-hybridized carbons (Fsp3) is 0.263. The average Bonchev–Trinajstić information content (AvgIpc) is 2.59. The predicted octanol–water partition coefficient (Wildman–Crippen LogP) is 3.57. The summed E-state index contributed by atoms with van der Waals surface area (Å²) in [5.74, 6) is -0.652. The lowest BCUT2D eigenvalue weighted by atomic mass is 9.82. The fourth-order valence-electron chi connectivity index (χ4n) is 3.20. The number of hydrogen-bond acceptors (Lipinski definition) is 5. The summed E-state index contributed by atoms with van der Waals surface area (Å²) in [6.07, 6.45) is 0. The molecule has 0 aromatic heterocycles. The number of rotatable bonds is 6. The van der Waals surface area contributed by atoms with Crippen molar-refractivity contribution in [2.45, 2.75) is 6.54 Å². The molecule has 0 aliphatic heterocycles. The van der Waals surface area contributed by atoms with Crippen molar-refractivity contribution in [3.8, 4) is 11.5 Å². The van der Waals surface area contributed by atoms with E-state index in [-0.39, 0.29) is 46.2 Å². The number of nitrogens with zero attached hydrogens (tertiary/aromatic N) is 1. The van der Waals surface area contributed by atoms with Gasteiger partial charge in [0, 0.05) is 42.5 Å². The van der Waals surface area contributed by atoms with Crippen LogP contribution < -0.4 is 0 Å². The van der Waals surface area contributed by atoms with Crippen molar-refractivity contribution < 1.29 is 19.8 Å². The number of hydrogen-bond donors (Lipinski definition) is 2. The molecule has 0 bridgehead atoms. The monoisotopic (exact) mass is 429 g/mol. The maximum atomic E-state index is 12.8. The minimum atomic E-state index is -0.560. The third kappa shape index (κ3) is 4.06. The van der Waals surface area contributed by atoms with Crippen molar-refractivity contribution in [1.82, 2.24) is 4.90 Å². The Hall–Kier alpha value is -1.79. The van der Waals surface area contributed by atoms with Gasteiger partial charge in [-0.05, 0) is 23.8 Å². The summed E-state index contributed by atoms with van der Waals surface area (Å²) in [5, 5.41) is 20.4. The summed E-state index contributed by atoms with van der Waals surface area (Å²) in [4.78, 5) is 27.5. The van der Waals surface area contributed by atoms with Gasteiger partial charge in [-0.1, -0.05) is 12.1 Å². The number of fused-ring (bicyclic) bond motifs is 2. The molecule has 2 N–H and O–H groups in total. The molecule has 0 radical (unpaired) electrons. The largest absolute Gasteiger partial charge is 0.507 e. The molecule has 0 saturated heterocycles. The Morgan fingerprint density at radius 3 is 2.11 bits per heavy atom. The topological polar surface area (TPSA) is 77.8 Å². The summed E-state index contributed by atoms with van der Waals surface area (Å²) in [6, 6.07) is 7.42. The van der Waals surface area contributed by atoms with Gasteiger partial charge in [-0.3, -0.25) is 14.5 Å². The first-order chi connectivity index (χ1) is 12.5.